The van der Waals surface area contributed by atoms with E-state index < -0.39 is 0 Å². The number of carbonyl (C=O) groups excluding carboxylic acids is 2. The van der Waals surface area contributed by atoms with Crippen LogP contribution in [0.2, 0.25) is 5.02 Å². The number of benzene rings is 1. The first-order valence-electron chi connectivity index (χ1n) is 5.98. The van der Waals surface area contributed by atoms with Crippen molar-refractivity contribution in [3.05, 3.63) is 45.4 Å². The Kier molecular flexibility index (Phi) is 4.52. The number of aryl methyl sites for hydroxylation is 1. The van der Waals surface area contributed by atoms with E-state index in [1.54, 1.807) is 25.1 Å². The van der Waals surface area contributed by atoms with Gasteiger partial charge in [-0.25, -0.2) is 4.98 Å². The summed E-state index contributed by atoms with van der Waals surface area (Å²) in [6.45, 7) is 3.23. The van der Waals surface area contributed by atoms with Crippen LogP contribution in [0.15, 0.2) is 24.3 Å². The molecular formula is C14H13ClN2O2S. The Hall–Kier alpha value is -1.72. The van der Waals surface area contributed by atoms with Crippen molar-refractivity contribution in [2.45, 2.75) is 20.3 Å². The topological polar surface area (TPSA) is 59.1 Å². The average molecular weight is 309 g/mol. The van der Waals surface area contributed by atoms with Crippen LogP contribution in [0.4, 0.5) is 5.13 Å². The van der Waals surface area contributed by atoms with Crippen LogP contribution in [0.5, 0.6) is 0 Å². The van der Waals surface area contributed by atoms with Gasteiger partial charge >= 0.3 is 0 Å². The lowest BCUT2D eigenvalue weighted by Crippen LogP contribution is -2.14. The van der Waals surface area contributed by atoms with Crippen LogP contribution in [0.3, 0.4) is 0 Å². The summed E-state index contributed by atoms with van der Waals surface area (Å²) in [7, 11) is 0. The van der Waals surface area contributed by atoms with E-state index >= 15 is 0 Å². The highest BCUT2D eigenvalue weighted by atomic mass is 35.5. The third kappa shape index (κ3) is 3.65. The number of ketones is 1. The summed E-state index contributed by atoms with van der Waals surface area (Å²) in [6.07, 6.45) is 0.217. The molecule has 0 aliphatic carbocycles. The quantitative estimate of drug-likeness (QED) is 0.880. The molecule has 1 aromatic heterocycles. The molecular weight excluding hydrogens is 296 g/mol. The van der Waals surface area contributed by atoms with E-state index in [-0.39, 0.29) is 18.1 Å². The highest BCUT2D eigenvalue weighted by Crippen LogP contribution is 2.23. The molecule has 6 heteroatoms. The molecule has 20 heavy (non-hydrogen) atoms. The maximum Gasteiger partial charge on any atom is 0.230 e. The van der Waals surface area contributed by atoms with Gasteiger partial charge in [-0.15, -0.1) is 0 Å². The molecule has 2 aromatic rings. The van der Waals surface area contributed by atoms with Crippen molar-refractivity contribution in [2.24, 2.45) is 0 Å². The van der Waals surface area contributed by atoms with Crippen molar-refractivity contribution < 1.29 is 9.59 Å². The van der Waals surface area contributed by atoms with E-state index in [2.05, 4.69) is 10.3 Å². The zero-order valence-electron chi connectivity index (χ0n) is 11.1. The van der Waals surface area contributed by atoms with Crippen LogP contribution in [0.25, 0.3) is 0 Å². The average Bonchev–Trinajstić information content (AvgIpc) is 2.70. The number of hydrogen-bond acceptors (Lipinski definition) is 4. The number of rotatable bonds is 4. The summed E-state index contributed by atoms with van der Waals surface area (Å²) in [5.41, 5.74) is 1.47. The van der Waals surface area contributed by atoms with Gasteiger partial charge in [0.05, 0.1) is 17.0 Å². The predicted octanol–water partition coefficient (Wildman–Crippen LogP) is 3.49. The Morgan fingerprint density at radius 3 is 2.75 bits per heavy atom. The van der Waals surface area contributed by atoms with Crippen molar-refractivity contribution in [3.63, 3.8) is 0 Å². The molecule has 1 heterocycles. The lowest BCUT2D eigenvalue weighted by molar-refractivity contribution is -0.115. The fourth-order valence-electron chi connectivity index (χ4n) is 1.77. The highest BCUT2D eigenvalue weighted by molar-refractivity contribution is 7.17. The molecule has 1 amide bonds. The Balaban J connectivity index is 2.05. The molecule has 0 atom stereocenters. The SMILES string of the molecule is CC(=O)c1sc(NC(=O)Cc2cccc(Cl)c2)nc1C. The first kappa shape index (κ1) is 14.7. The maximum atomic E-state index is 11.9. The van der Waals surface area contributed by atoms with Crippen LogP contribution >= 0.6 is 22.9 Å². The molecule has 0 unspecified atom stereocenters. The van der Waals surface area contributed by atoms with Crippen LogP contribution in [0, 0.1) is 6.92 Å². The van der Waals surface area contributed by atoms with E-state index in [1.165, 1.54) is 18.3 Å². The smallest absolute Gasteiger partial charge is 0.230 e. The maximum absolute atomic E-state index is 11.9. The second-order valence-corrected chi connectivity index (χ2v) is 5.78. The fourth-order valence-corrected chi connectivity index (χ4v) is 2.86. The summed E-state index contributed by atoms with van der Waals surface area (Å²) < 4.78 is 0. The molecule has 0 spiro atoms. The number of nitrogens with one attached hydrogen (secondary N) is 1. The van der Waals surface area contributed by atoms with Gasteiger partial charge in [-0.2, -0.15) is 0 Å². The summed E-state index contributed by atoms with van der Waals surface area (Å²) in [5.74, 6) is -0.230. The van der Waals surface area contributed by atoms with Crippen molar-refractivity contribution in [3.8, 4) is 0 Å². The Morgan fingerprint density at radius 2 is 2.15 bits per heavy atom. The number of amides is 1. The van der Waals surface area contributed by atoms with Gasteiger partial charge in [-0.1, -0.05) is 35.1 Å². The van der Waals surface area contributed by atoms with E-state index in [1.807, 2.05) is 6.07 Å². The number of Topliss-reactive ketones (excluding diaryl/α,β-unsaturated/α-hetero) is 1. The first-order valence-corrected chi connectivity index (χ1v) is 7.18. The second kappa shape index (κ2) is 6.15. The van der Waals surface area contributed by atoms with Gasteiger partial charge in [0, 0.05) is 11.9 Å². The molecule has 0 aliphatic rings. The third-order valence-electron chi connectivity index (χ3n) is 2.62. The van der Waals surface area contributed by atoms with E-state index in [4.69, 9.17) is 11.6 Å². The standard InChI is InChI=1S/C14H13ClN2O2S/c1-8-13(9(2)18)20-14(16-8)17-12(19)7-10-4-3-5-11(15)6-10/h3-6H,7H2,1-2H3,(H,16,17,19). The number of thiazole rings is 1. The minimum Gasteiger partial charge on any atom is -0.302 e. The summed E-state index contributed by atoms with van der Waals surface area (Å²) in [6, 6.07) is 7.13. The predicted molar refractivity (Wildman–Crippen MR) is 80.6 cm³/mol. The van der Waals surface area contributed by atoms with Gasteiger partial charge in [0.2, 0.25) is 5.91 Å². The molecule has 4 nitrogen and oxygen atoms in total. The number of aromatic nitrogens is 1. The van der Waals surface area contributed by atoms with Gasteiger partial charge in [0.25, 0.3) is 0 Å². The lowest BCUT2D eigenvalue weighted by atomic mass is 10.1. The zero-order valence-corrected chi connectivity index (χ0v) is 12.6. The molecule has 1 aromatic carbocycles. The van der Waals surface area contributed by atoms with Crippen LogP contribution in [0.1, 0.15) is 27.9 Å². The molecule has 0 saturated heterocycles. The van der Waals surface area contributed by atoms with Gasteiger partial charge in [0.15, 0.2) is 10.9 Å². The van der Waals surface area contributed by atoms with Crippen molar-refractivity contribution >= 4 is 39.8 Å². The second-order valence-electron chi connectivity index (χ2n) is 4.34. The Labute approximate surface area is 125 Å². The number of nitrogens with zero attached hydrogens (tertiary/aromatic N) is 1. The third-order valence-corrected chi connectivity index (χ3v) is 4.03. The van der Waals surface area contributed by atoms with Crippen LogP contribution in [-0.2, 0) is 11.2 Å². The van der Waals surface area contributed by atoms with Gasteiger partial charge in [-0.3, -0.25) is 9.59 Å². The minimum atomic E-state index is -0.184. The molecule has 2 rings (SSSR count). The molecule has 0 aliphatic heterocycles. The molecule has 0 bridgehead atoms. The van der Waals surface area contributed by atoms with E-state index in [9.17, 15) is 9.59 Å². The van der Waals surface area contributed by atoms with Crippen molar-refractivity contribution in [2.75, 3.05) is 5.32 Å². The monoisotopic (exact) mass is 308 g/mol. The summed E-state index contributed by atoms with van der Waals surface area (Å²) >= 11 is 7.06. The van der Waals surface area contributed by atoms with Gasteiger partial charge in [-0.05, 0) is 24.6 Å². The van der Waals surface area contributed by atoms with Crippen molar-refractivity contribution in [1.29, 1.82) is 0 Å². The Bertz CT molecular complexity index is 667. The normalized spacial score (nSPS) is 10.3. The van der Waals surface area contributed by atoms with Crippen LogP contribution < -0.4 is 5.32 Å². The molecule has 0 saturated carbocycles. The number of hydrogen-bond donors (Lipinski definition) is 1. The zero-order chi connectivity index (χ0) is 14.7. The number of anilines is 1. The number of halogens is 1. The van der Waals surface area contributed by atoms with E-state index in [0.29, 0.717) is 20.7 Å². The van der Waals surface area contributed by atoms with Crippen molar-refractivity contribution in [1.82, 2.24) is 4.98 Å². The lowest BCUT2D eigenvalue weighted by Gasteiger charge is -2.02. The molecule has 1 N–H and O–H groups in total. The fraction of sp³-hybridized carbons (Fsp3) is 0.214. The molecule has 0 fully saturated rings. The van der Waals surface area contributed by atoms with E-state index in [0.717, 1.165) is 5.56 Å². The van der Waals surface area contributed by atoms with Gasteiger partial charge in [0.1, 0.15) is 0 Å². The Morgan fingerprint density at radius 1 is 1.40 bits per heavy atom. The largest absolute Gasteiger partial charge is 0.302 e. The van der Waals surface area contributed by atoms with Gasteiger partial charge < -0.3 is 5.32 Å². The van der Waals surface area contributed by atoms with Crippen LogP contribution in [-0.4, -0.2) is 16.7 Å². The number of carbonyl (C=O) groups is 2. The highest BCUT2D eigenvalue weighted by Gasteiger charge is 2.13. The first-order chi connectivity index (χ1) is 9.45. The summed E-state index contributed by atoms with van der Waals surface area (Å²) in [5, 5.41) is 3.74. The molecule has 104 valence electrons. The minimum absolute atomic E-state index is 0.0460. The molecule has 0 radical (unpaired) electrons. The summed E-state index contributed by atoms with van der Waals surface area (Å²) in [4.78, 5) is 28.0.